The van der Waals surface area contributed by atoms with Crippen molar-refractivity contribution in [3.8, 4) is 6.07 Å². The molecule has 0 N–H and O–H groups in total. The maximum atomic E-state index is 12.9. The Hall–Kier alpha value is -2.95. The van der Waals surface area contributed by atoms with Gasteiger partial charge in [0.15, 0.2) is 0 Å². The highest BCUT2D eigenvalue weighted by molar-refractivity contribution is 7.19. The molecule has 5 nitrogen and oxygen atoms in total. The Kier molecular flexibility index (Phi) is 4.75. The average molecular weight is 393 g/mol. The highest BCUT2D eigenvalue weighted by Gasteiger charge is 2.14. The zero-order chi connectivity index (χ0) is 18.8. The van der Waals surface area contributed by atoms with Gasteiger partial charge in [-0.25, -0.2) is 4.98 Å². The lowest BCUT2D eigenvalue weighted by Gasteiger charge is -1.99. The molecule has 0 radical (unpaired) electrons. The summed E-state index contributed by atoms with van der Waals surface area (Å²) in [6.07, 6.45) is 4.08. The molecule has 4 aromatic rings. The zero-order valence-electron chi connectivity index (χ0n) is 14.5. The Bertz CT molecular complexity index is 1290. The van der Waals surface area contributed by atoms with Crippen molar-refractivity contribution >= 4 is 44.5 Å². The van der Waals surface area contributed by atoms with E-state index in [-0.39, 0.29) is 5.56 Å². The summed E-state index contributed by atoms with van der Waals surface area (Å²) in [6.45, 7) is 2.56. The zero-order valence-corrected chi connectivity index (χ0v) is 16.1. The van der Waals surface area contributed by atoms with Crippen LogP contribution in [0.25, 0.3) is 21.9 Å². The van der Waals surface area contributed by atoms with Crippen LogP contribution < -0.4 is 14.8 Å². The third-order valence-corrected chi connectivity index (χ3v) is 6.19. The molecule has 0 saturated carbocycles. The van der Waals surface area contributed by atoms with Gasteiger partial charge in [0.1, 0.15) is 27.1 Å². The molecule has 0 spiro atoms. The van der Waals surface area contributed by atoms with Crippen molar-refractivity contribution in [3.63, 3.8) is 0 Å². The number of nitrogens with zero attached hydrogens (tertiary/aromatic N) is 3. The Balaban J connectivity index is 2.02. The Morgan fingerprint density at radius 3 is 2.85 bits per heavy atom. The molecule has 0 fully saturated rings. The van der Waals surface area contributed by atoms with E-state index < -0.39 is 0 Å². The minimum Gasteiger partial charge on any atom is -0.465 e. The molecule has 0 unspecified atom stereocenters. The van der Waals surface area contributed by atoms with Crippen LogP contribution in [0.5, 0.6) is 0 Å². The molecule has 1 aromatic carbocycles. The summed E-state index contributed by atoms with van der Waals surface area (Å²) in [5, 5.41) is 10.5. The largest absolute Gasteiger partial charge is 0.465 e. The molecule has 3 aromatic heterocycles. The van der Waals surface area contributed by atoms with Crippen LogP contribution in [0.4, 0.5) is 0 Å². The number of thiazole rings is 2. The van der Waals surface area contributed by atoms with Gasteiger partial charge in [0.25, 0.3) is 5.56 Å². The first kappa shape index (κ1) is 17.5. The highest BCUT2D eigenvalue weighted by Crippen LogP contribution is 2.25. The first-order valence-corrected chi connectivity index (χ1v) is 10.1. The predicted molar refractivity (Wildman–Crippen MR) is 108 cm³/mol. The fraction of sp³-hybridized carbons (Fsp3) is 0.150. The van der Waals surface area contributed by atoms with E-state index in [4.69, 9.17) is 4.42 Å². The molecule has 3 heterocycles. The highest BCUT2D eigenvalue weighted by atomic mass is 32.1. The van der Waals surface area contributed by atoms with E-state index in [0.29, 0.717) is 32.1 Å². The lowest BCUT2D eigenvalue weighted by molar-refractivity contribution is 0.556. The lowest BCUT2D eigenvalue weighted by Crippen LogP contribution is -2.32. The first-order valence-electron chi connectivity index (χ1n) is 8.46. The van der Waals surface area contributed by atoms with E-state index in [2.05, 4.69) is 11.1 Å². The van der Waals surface area contributed by atoms with Crippen LogP contribution in [0.1, 0.15) is 24.1 Å². The fourth-order valence-corrected chi connectivity index (χ4v) is 4.94. The van der Waals surface area contributed by atoms with Gasteiger partial charge in [-0.1, -0.05) is 19.1 Å². The summed E-state index contributed by atoms with van der Waals surface area (Å²) >= 11 is 2.77. The van der Waals surface area contributed by atoms with Crippen LogP contribution in [0.3, 0.4) is 0 Å². The van der Waals surface area contributed by atoms with Crippen LogP contribution in [-0.2, 0) is 6.54 Å². The molecule has 0 aliphatic rings. The fourth-order valence-electron chi connectivity index (χ4n) is 2.80. The van der Waals surface area contributed by atoms with Crippen molar-refractivity contribution in [1.82, 2.24) is 9.55 Å². The summed E-state index contributed by atoms with van der Waals surface area (Å²) in [6, 6.07) is 13.6. The second-order valence-electron chi connectivity index (χ2n) is 5.86. The van der Waals surface area contributed by atoms with E-state index in [9.17, 15) is 10.1 Å². The van der Waals surface area contributed by atoms with Gasteiger partial charge in [-0.05, 0) is 30.7 Å². The van der Waals surface area contributed by atoms with Crippen molar-refractivity contribution in [1.29, 1.82) is 5.26 Å². The molecular formula is C20H15N3O2S2. The van der Waals surface area contributed by atoms with Crippen LogP contribution in [0, 0.1) is 11.3 Å². The standard InChI is InChI=1S/C20H15N3O2S2/c1-2-9-23-19(24)17(11-13-6-5-10-25-13)27-20(23)14(12-21)18-22-15-7-3-4-8-16(15)26-18/h3-8,10-11H,2,9H2,1H3/b17-11-,20-14-. The molecule has 4 rings (SSSR count). The average Bonchev–Trinajstić information content (AvgIpc) is 3.39. The second kappa shape index (κ2) is 7.35. The monoisotopic (exact) mass is 393 g/mol. The number of benzene rings is 1. The van der Waals surface area contributed by atoms with E-state index in [1.165, 1.54) is 22.7 Å². The molecule has 7 heteroatoms. The van der Waals surface area contributed by atoms with E-state index >= 15 is 0 Å². The Morgan fingerprint density at radius 2 is 2.15 bits per heavy atom. The minimum atomic E-state index is -0.109. The molecule has 0 aliphatic carbocycles. The lowest BCUT2D eigenvalue weighted by atomic mass is 10.3. The molecule has 0 amide bonds. The smallest absolute Gasteiger partial charge is 0.269 e. The van der Waals surface area contributed by atoms with Crippen molar-refractivity contribution in [2.75, 3.05) is 0 Å². The third kappa shape index (κ3) is 3.25. The summed E-state index contributed by atoms with van der Waals surface area (Å²) in [7, 11) is 0. The van der Waals surface area contributed by atoms with Gasteiger partial charge < -0.3 is 4.42 Å². The molecule has 0 aliphatic heterocycles. The number of para-hydroxylation sites is 1. The summed E-state index contributed by atoms with van der Waals surface area (Å²) in [4.78, 5) is 17.5. The number of rotatable bonds is 4. The van der Waals surface area contributed by atoms with Gasteiger partial charge in [-0.3, -0.25) is 9.36 Å². The summed E-state index contributed by atoms with van der Waals surface area (Å²) in [5.74, 6) is 0.613. The van der Waals surface area contributed by atoms with Crippen LogP contribution in [0.15, 0.2) is 51.9 Å². The minimum absolute atomic E-state index is 0.109. The molecular weight excluding hydrogens is 378 g/mol. The first-order chi connectivity index (χ1) is 13.2. The van der Waals surface area contributed by atoms with Gasteiger partial charge in [0, 0.05) is 12.6 Å². The van der Waals surface area contributed by atoms with Gasteiger partial charge in [0.2, 0.25) is 0 Å². The molecule has 0 bridgehead atoms. The SMILES string of the molecule is CCCn1c(=O)/c(=C/c2ccco2)s/c1=C(/C#N)c1nc2ccccc2s1. The maximum Gasteiger partial charge on any atom is 0.269 e. The van der Waals surface area contributed by atoms with Crippen LogP contribution in [0.2, 0.25) is 0 Å². The summed E-state index contributed by atoms with van der Waals surface area (Å²) in [5.41, 5.74) is 1.18. The number of hydrogen-bond acceptors (Lipinski definition) is 6. The molecule has 0 atom stereocenters. The summed E-state index contributed by atoms with van der Waals surface area (Å²) < 4.78 is 9.21. The molecule has 27 heavy (non-hydrogen) atoms. The number of aromatic nitrogens is 2. The van der Waals surface area contributed by atoms with Gasteiger partial charge in [-0.2, -0.15) is 5.26 Å². The number of hydrogen-bond donors (Lipinski definition) is 0. The van der Waals surface area contributed by atoms with Crippen molar-refractivity contribution < 1.29 is 4.42 Å². The topological polar surface area (TPSA) is 71.8 Å². The van der Waals surface area contributed by atoms with Gasteiger partial charge >= 0.3 is 0 Å². The van der Waals surface area contributed by atoms with Crippen molar-refractivity contribution in [2.45, 2.75) is 19.9 Å². The van der Waals surface area contributed by atoms with E-state index in [1.807, 2.05) is 31.2 Å². The predicted octanol–water partition coefficient (Wildman–Crippen LogP) is 3.07. The van der Waals surface area contributed by atoms with E-state index in [1.54, 1.807) is 29.0 Å². The van der Waals surface area contributed by atoms with Crippen molar-refractivity contribution in [2.24, 2.45) is 0 Å². The quantitative estimate of drug-likeness (QED) is 0.534. The van der Waals surface area contributed by atoms with Crippen LogP contribution >= 0.6 is 22.7 Å². The Morgan fingerprint density at radius 1 is 1.30 bits per heavy atom. The third-order valence-electron chi connectivity index (χ3n) is 4.00. The maximum absolute atomic E-state index is 12.9. The van der Waals surface area contributed by atoms with E-state index in [0.717, 1.165) is 16.6 Å². The van der Waals surface area contributed by atoms with Gasteiger partial charge in [-0.15, -0.1) is 22.7 Å². The molecule has 0 saturated heterocycles. The van der Waals surface area contributed by atoms with Crippen LogP contribution in [-0.4, -0.2) is 9.55 Å². The number of nitriles is 1. The van der Waals surface area contributed by atoms with Crippen molar-refractivity contribution in [3.05, 3.63) is 73.0 Å². The number of fused-ring (bicyclic) bond motifs is 1. The number of furan rings is 1. The Labute approximate surface area is 162 Å². The normalized spacial score (nSPS) is 13.1. The molecule has 134 valence electrons. The van der Waals surface area contributed by atoms with Gasteiger partial charge in [0.05, 0.1) is 21.0 Å². The second-order valence-corrected chi connectivity index (χ2v) is 7.92.